The van der Waals surface area contributed by atoms with Crippen molar-refractivity contribution in [2.24, 2.45) is 0 Å². The Balaban J connectivity index is 1.52. The van der Waals surface area contributed by atoms with Gasteiger partial charge in [-0.3, -0.25) is 0 Å². The second kappa shape index (κ2) is 5.70. The number of hydrogen-bond donors (Lipinski definition) is 1. The molecule has 0 bridgehead atoms. The number of para-hydroxylation sites is 2. The number of anilines is 1. The van der Waals surface area contributed by atoms with E-state index in [-0.39, 0.29) is 6.10 Å². The molecule has 1 aliphatic heterocycles. The van der Waals surface area contributed by atoms with Gasteiger partial charge in [-0.25, -0.2) is 9.97 Å². The van der Waals surface area contributed by atoms with Crippen molar-refractivity contribution in [2.75, 3.05) is 18.5 Å². The number of aromatic nitrogens is 2. The van der Waals surface area contributed by atoms with Gasteiger partial charge in [0, 0.05) is 4.88 Å². The zero-order valence-corrected chi connectivity index (χ0v) is 13.8. The second-order valence-corrected chi connectivity index (χ2v) is 6.77. The van der Waals surface area contributed by atoms with Crippen LogP contribution in [0.1, 0.15) is 10.4 Å². The van der Waals surface area contributed by atoms with Crippen LogP contribution in [0.5, 0.6) is 11.5 Å². The van der Waals surface area contributed by atoms with E-state index >= 15 is 0 Å². The van der Waals surface area contributed by atoms with Crippen molar-refractivity contribution >= 4 is 27.4 Å². The van der Waals surface area contributed by atoms with Crippen LogP contribution in [-0.2, 0) is 0 Å². The highest BCUT2D eigenvalue weighted by atomic mass is 32.1. The lowest BCUT2D eigenvalue weighted by Gasteiger charge is -2.26. The summed E-state index contributed by atoms with van der Waals surface area (Å²) >= 11 is 1.70. The van der Waals surface area contributed by atoms with Crippen LogP contribution in [0.25, 0.3) is 10.2 Å². The minimum absolute atomic E-state index is 0.0463. The first-order valence-corrected chi connectivity index (χ1v) is 8.37. The normalized spacial score (nSPS) is 16.5. The number of thiophene rings is 1. The average molecular weight is 327 g/mol. The molecule has 6 heteroatoms. The minimum Gasteiger partial charge on any atom is -0.486 e. The summed E-state index contributed by atoms with van der Waals surface area (Å²) in [6.07, 6.45) is 1.56. The van der Waals surface area contributed by atoms with Crippen LogP contribution in [0, 0.1) is 13.8 Å². The van der Waals surface area contributed by atoms with E-state index in [9.17, 15) is 0 Å². The summed E-state index contributed by atoms with van der Waals surface area (Å²) in [5.41, 5.74) is 1.24. The molecule has 1 aromatic carbocycles. The van der Waals surface area contributed by atoms with E-state index in [4.69, 9.17) is 9.47 Å². The Hall–Kier alpha value is -2.34. The van der Waals surface area contributed by atoms with Gasteiger partial charge in [0.1, 0.15) is 29.7 Å². The minimum atomic E-state index is -0.0463. The summed E-state index contributed by atoms with van der Waals surface area (Å²) in [6, 6.07) is 7.74. The van der Waals surface area contributed by atoms with E-state index in [2.05, 4.69) is 29.1 Å². The van der Waals surface area contributed by atoms with Crippen molar-refractivity contribution in [1.82, 2.24) is 9.97 Å². The number of nitrogens with zero attached hydrogens (tertiary/aromatic N) is 2. The number of benzene rings is 1. The molecule has 0 saturated heterocycles. The highest BCUT2D eigenvalue weighted by molar-refractivity contribution is 7.18. The third-order valence-corrected chi connectivity index (χ3v) is 5.15. The summed E-state index contributed by atoms with van der Waals surface area (Å²) in [5, 5.41) is 4.50. The zero-order valence-electron chi connectivity index (χ0n) is 13.0. The van der Waals surface area contributed by atoms with E-state index in [0.717, 1.165) is 27.5 Å². The SMILES string of the molecule is Cc1sc2ncnc(NC[C@@H]3COc4ccccc4O3)c2c1C. The van der Waals surface area contributed by atoms with Gasteiger partial charge in [0.15, 0.2) is 11.5 Å². The molecule has 3 heterocycles. The van der Waals surface area contributed by atoms with Gasteiger partial charge in [0.2, 0.25) is 0 Å². The van der Waals surface area contributed by atoms with Gasteiger partial charge in [-0.15, -0.1) is 11.3 Å². The molecule has 3 aromatic rings. The fourth-order valence-corrected chi connectivity index (χ4v) is 3.69. The predicted octanol–water partition coefficient (Wildman–Crippen LogP) is 3.56. The van der Waals surface area contributed by atoms with Crippen molar-refractivity contribution in [3.05, 3.63) is 41.0 Å². The Morgan fingerprint density at radius 2 is 2.04 bits per heavy atom. The molecule has 23 heavy (non-hydrogen) atoms. The highest BCUT2D eigenvalue weighted by Gasteiger charge is 2.21. The lowest BCUT2D eigenvalue weighted by molar-refractivity contribution is 0.0997. The lowest BCUT2D eigenvalue weighted by Crippen LogP contribution is -2.35. The molecule has 0 aliphatic carbocycles. The van der Waals surface area contributed by atoms with Crippen LogP contribution in [0.15, 0.2) is 30.6 Å². The van der Waals surface area contributed by atoms with E-state index < -0.39 is 0 Å². The fraction of sp³-hybridized carbons (Fsp3) is 0.294. The highest BCUT2D eigenvalue weighted by Crippen LogP contribution is 2.33. The Morgan fingerprint density at radius 3 is 2.91 bits per heavy atom. The van der Waals surface area contributed by atoms with Gasteiger partial charge in [-0.1, -0.05) is 12.1 Å². The van der Waals surface area contributed by atoms with Crippen LogP contribution >= 0.6 is 11.3 Å². The number of nitrogens with one attached hydrogen (secondary N) is 1. The fourth-order valence-electron chi connectivity index (χ4n) is 2.69. The summed E-state index contributed by atoms with van der Waals surface area (Å²) < 4.78 is 11.7. The molecular formula is C17H17N3O2S. The standard InChI is InChI=1S/C17H17N3O2S/c1-10-11(2)23-17-15(10)16(19-9-20-17)18-7-12-8-21-13-5-3-4-6-14(13)22-12/h3-6,9,12H,7-8H2,1-2H3,(H,18,19,20)/t12-/m1/s1. The third-order valence-electron chi connectivity index (χ3n) is 4.03. The topological polar surface area (TPSA) is 56.3 Å². The first kappa shape index (κ1) is 14.3. The molecule has 1 N–H and O–H groups in total. The maximum atomic E-state index is 5.97. The molecular weight excluding hydrogens is 310 g/mol. The Labute approximate surface area is 138 Å². The molecule has 4 rings (SSSR count). The molecule has 1 atom stereocenters. The molecule has 0 spiro atoms. The van der Waals surface area contributed by atoms with Gasteiger partial charge in [0.25, 0.3) is 0 Å². The van der Waals surface area contributed by atoms with Crippen molar-refractivity contribution < 1.29 is 9.47 Å². The lowest BCUT2D eigenvalue weighted by atomic mass is 10.2. The van der Waals surface area contributed by atoms with Crippen LogP contribution in [0.4, 0.5) is 5.82 Å². The Kier molecular flexibility index (Phi) is 3.53. The number of rotatable bonds is 3. The van der Waals surface area contributed by atoms with Crippen molar-refractivity contribution in [3.8, 4) is 11.5 Å². The van der Waals surface area contributed by atoms with Crippen LogP contribution < -0.4 is 14.8 Å². The van der Waals surface area contributed by atoms with Crippen LogP contribution in [0.3, 0.4) is 0 Å². The molecule has 118 valence electrons. The smallest absolute Gasteiger partial charge is 0.161 e. The van der Waals surface area contributed by atoms with Crippen LogP contribution in [-0.4, -0.2) is 29.2 Å². The first-order valence-electron chi connectivity index (χ1n) is 7.55. The molecule has 2 aromatic heterocycles. The first-order chi connectivity index (χ1) is 11.2. The molecule has 0 radical (unpaired) electrons. The maximum Gasteiger partial charge on any atom is 0.161 e. The number of aryl methyl sites for hydroxylation is 2. The number of hydrogen-bond acceptors (Lipinski definition) is 6. The Bertz CT molecular complexity index is 862. The van der Waals surface area contributed by atoms with Gasteiger partial charge in [0.05, 0.1) is 11.9 Å². The monoisotopic (exact) mass is 327 g/mol. The third kappa shape index (κ3) is 2.59. The average Bonchev–Trinajstić information content (AvgIpc) is 2.88. The van der Waals surface area contributed by atoms with Crippen molar-refractivity contribution in [2.45, 2.75) is 20.0 Å². The summed E-state index contributed by atoms with van der Waals surface area (Å²) in [6.45, 7) is 5.38. The summed E-state index contributed by atoms with van der Waals surface area (Å²) in [5.74, 6) is 2.46. The summed E-state index contributed by atoms with van der Waals surface area (Å²) in [7, 11) is 0. The van der Waals surface area contributed by atoms with E-state index in [0.29, 0.717) is 13.2 Å². The van der Waals surface area contributed by atoms with E-state index in [1.54, 1.807) is 17.7 Å². The maximum absolute atomic E-state index is 5.97. The van der Waals surface area contributed by atoms with Crippen molar-refractivity contribution in [3.63, 3.8) is 0 Å². The quantitative estimate of drug-likeness (QED) is 0.797. The number of fused-ring (bicyclic) bond motifs is 2. The number of ether oxygens (including phenoxy) is 2. The molecule has 5 nitrogen and oxygen atoms in total. The molecule has 0 amide bonds. The molecule has 0 saturated carbocycles. The van der Waals surface area contributed by atoms with E-state index in [1.807, 2.05) is 24.3 Å². The molecule has 0 fully saturated rings. The summed E-state index contributed by atoms with van der Waals surface area (Å²) in [4.78, 5) is 11.0. The van der Waals surface area contributed by atoms with Gasteiger partial charge >= 0.3 is 0 Å². The molecule has 1 aliphatic rings. The van der Waals surface area contributed by atoms with Crippen LogP contribution in [0.2, 0.25) is 0 Å². The van der Waals surface area contributed by atoms with Gasteiger partial charge < -0.3 is 14.8 Å². The second-order valence-electron chi connectivity index (χ2n) is 5.56. The Morgan fingerprint density at radius 1 is 1.22 bits per heavy atom. The zero-order chi connectivity index (χ0) is 15.8. The largest absolute Gasteiger partial charge is 0.486 e. The van der Waals surface area contributed by atoms with Gasteiger partial charge in [-0.05, 0) is 31.5 Å². The van der Waals surface area contributed by atoms with Crippen molar-refractivity contribution in [1.29, 1.82) is 0 Å². The van der Waals surface area contributed by atoms with Gasteiger partial charge in [-0.2, -0.15) is 0 Å². The predicted molar refractivity (Wildman–Crippen MR) is 91.7 cm³/mol. The molecule has 0 unspecified atom stereocenters. The van der Waals surface area contributed by atoms with E-state index in [1.165, 1.54) is 10.4 Å².